The molecule has 32 heavy (non-hydrogen) atoms. The Hall–Kier alpha value is -3.41. The highest BCUT2D eigenvalue weighted by molar-refractivity contribution is 6.33. The lowest BCUT2D eigenvalue weighted by Crippen LogP contribution is -2.36. The minimum absolute atomic E-state index is 0.354. The van der Waals surface area contributed by atoms with E-state index in [0.717, 1.165) is 34.6 Å². The molecule has 0 fully saturated rings. The molecular weight excluding hydrogens is 436 g/mol. The number of nitrogens with zero attached hydrogens (tertiary/aromatic N) is 3. The average Bonchev–Trinajstić information content (AvgIpc) is 2.77. The van der Waals surface area contributed by atoms with E-state index < -0.39 is 17.5 Å². The molecule has 1 heterocycles. The topological polar surface area (TPSA) is 74.0 Å². The third kappa shape index (κ3) is 6.06. The van der Waals surface area contributed by atoms with Gasteiger partial charge in [0.15, 0.2) is 11.6 Å². The number of anilines is 1. The van der Waals surface area contributed by atoms with Crippen molar-refractivity contribution in [2.24, 2.45) is 10.9 Å². The molecule has 0 bridgehead atoms. The minimum atomic E-state index is -1.17. The lowest BCUT2D eigenvalue weighted by Gasteiger charge is -2.31. The summed E-state index contributed by atoms with van der Waals surface area (Å²) in [6.45, 7) is 3.19. The van der Waals surface area contributed by atoms with Crippen molar-refractivity contribution in [3.63, 3.8) is 0 Å². The molecule has 1 aliphatic heterocycles. The second kappa shape index (κ2) is 11.3. The van der Waals surface area contributed by atoms with Crippen molar-refractivity contribution in [1.29, 1.82) is 0 Å². The zero-order valence-corrected chi connectivity index (χ0v) is 18.5. The molecule has 3 rings (SSSR count). The first-order valence-electron chi connectivity index (χ1n) is 9.61. The maximum absolute atomic E-state index is 13.8. The summed E-state index contributed by atoms with van der Waals surface area (Å²) in [5, 5.41) is 8.82. The number of nitrogens with two attached hydrogens (primary N) is 1. The highest BCUT2D eigenvalue weighted by Gasteiger charge is 2.21. The number of rotatable bonds is 4. The summed E-state index contributed by atoms with van der Waals surface area (Å²) in [7, 11) is 1.65. The minimum Gasteiger partial charge on any atom is -0.354 e. The van der Waals surface area contributed by atoms with Gasteiger partial charge in [0.1, 0.15) is 5.84 Å². The van der Waals surface area contributed by atoms with E-state index in [1.807, 2.05) is 19.1 Å². The predicted molar refractivity (Wildman–Crippen MR) is 125 cm³/mol. The molecule has 0 spiro atoms. The number of amides is 1. The molecule has 1 aliphatic rings. The molecule has 3 N–H and O–H groups in total. The number of benzene rings is 2. The summed E-state index contributed by atoms with van der Waals surface area (Å²) in [6.07, 6.45) is 8.68. The van der Waals surface area contributed by atoms with Gasteiger partial charge in [-0.05, 0) is 42.3 Å². The van der Waals surface area contributed by atoms with Gasteiger partial charge in [-0.3, -0.25) is 4.79 Å². The summed E-state index contributed by atoms with van der Waals surface area (Å²) < 4.78 is 27.1. The van der Waals surface area contributed by atoms with Crippen LogP contribution in [0.25, 0.3) is 5.57 Å². The van der Waals surface area contributed by atoms with Crippen LogP contribution in [0.4, 0.5) is 14.5 Å². The smallest absolute Gasteiger partial charge is 0.258 e. The van der Waals surface area contributed by atoms with Gasteiger partial charge in [-0.15, -0.1) is 17.9 Å². The van der Waals surface area contributed by atoms with Crippen LogP contribution in [0.5, 0.6) is 0 Å². The third-order valence-electron chi connectivity index (χ3n) is 4.73. The monoisotopic (exact) mass is 459 g/mol. The first kappa shape index (κ1) is 24.9. The van der Waals surface area contributed by atoms with Crippen LogP contribution < -0.4 is 11.2 Å². The Morgan fingerprint density at radius 2 is 1.88 bits per heavy atom. The summed E-state index contributed by atoms with van der Waals surface area (Å²) in [4.78, 5) is 14.3. The quantitative estimate of drug-likeness (QED) is 0.235. The molecular formula is C23H24ClF2N5O. The van der Waals surface area contributed by atoms with E-state index in [-0.39, 0.29) is 5.56 Å². The van der Waals surface area contributed by atoms with E-state index in [2.05, 4.69) is 28.2 Å². The van der Waals surface area contributed by atoms with Gasteiger partial charge in [0.25, 0.3) is 5.91 Å². The second-order valence-electron chi connectivity index (χ2n) is 6.91. The fraction of sp³-hybridized carbons (Fsp3) is 0.217. The first-order chi connectivity index (χ1) is 15.3. The zero-order valence-electron chi connectivity index (χ0n) is 17.8. The van der Waals surface area contributed by atoms with Gasteiger partial charge in [-0.2, -0.15) is 0 Å². The number of terminal acetylenes is 1. The second-order valence-corrected chi connectivity index (χ2v) is 7.36. The fourth-order valence-corrected chi connectivity index (χ4v) is 3.44. The van der Waals surface area contributed by atoms with E-state index in [1.165, 1.54) is 17.3 Å². The highest BCUT2D eigenvalue weighted by atomic mass is 35.5. The zero-order chi connectivity index (χ0) is 23.8. The first-order valence-corrected chi connectivity index (χ1v) is 9.99. The summed E-state index contributed by atoms with van der Waals surface area (Å²) in [6, 6.07) is 10.5. The van der Waals surface area contributed by atoms with Gasteiger partial charge >= 0.3 is 0 Å². The Morgan fingerprint density at radius 1 is 1.22 bits per heavy atom. The number of amidine groups is 1. The highest BCUT2D eigenvalue weighted by Crippen LogP contribution is 2.30. The molecule has 0 saturated heterocycles. The average molecular weight is 460 g/mol. The molecule has 2 aromatic carbocycles. The van der Waals surface area contributed by atoms with E-state index >= 15 is 0 Å². The van der Waals surface area contributed by atoms with Crippen LogP contribution in [-0.2, 0) is 0 Å². The summed E-state index contributed by atoms with van der Waals surface area (Å²) in [5.74, 6) is 3.40. The lowest BCUT2D eigenvalue weighted by atomic mass is 10.0. The van der Waals surface area contributed by atoms with Crippen molar-refractivity contribution >= 4 is 34.6 Å². The Kier molecular flexibility index (Phi) is 8.76. The van der Waals surface area contributed by atoms with Gasteiger partial charge in [0, 0.05) is 37.3 Å². The molecule has 2 aromatic rings. The van der Waals surface area contributed by atoms with Crippen LogP contribution in [0, 0.1) is 24.5 Å². The number of carbonyl (C=O) groups excluding carboxylic acids is 1. The van der Waals surface area contributed by atoms with E-state index in [0.29, 0.717) is 18.7 Å². The number of carbonyl (C=O) groups is 1. The van der Waals surface area contributed by atoms with E-state index in [9.17, 15) is 13.6 Å². The molecule has 0 unspecified atom stereocenters. The Morgan fingerprint density at radius 3 is 2.50 bits per heavy atom. The molecule has 0 aromatic heterocycles. The SMILES string of the molecule is C#C.C/C(=N\N(C)N)N1CCC(Cl)=C(c2ccc(NC(=O)c3cccc(F)c3F)cc2)C1. The van der Waals surface area contributed by atoms with Crippen molar-refractivity contribution in [3.8, 4) is 12.8 Å². The van der Waals surface area contributed by atoms with Crippen molar-refractivity contribution < 1.29 is 13.6 Å². The predicted octanol–water partition coefficient (Wildman–Crippen LogP) is 4.26. The van der Waals surface area contributed by atoms with Gasteiger partial charge in [0.05, 0.1) is 5.56 Å². The van der Waals surface area contributed by atoms with Crippen molar-refractivity contribution in [2.75, 3.05) is 25.5 Å². The van der Waals surface area contributed by atoms with Gasteiger partial charge < -0.3 is 10.2 Å². The van der Waals surface area contributed by atoms with Gasteiger partial charge in [0.2, 0.25) is 0 Å². The molecule has 9 heteroatoms. The van der Waals surface area contributed by atoms with E-state index in [4.69, 9.17) is 17.4 Å². The van der Waals surface area contributed by atoms with Crippen LogP contribution in [0.3, 0.4) is 0 Å². The van der Waals surface area contributed by atoms with Crippen LogP contribution in [0.15, 0.2) is 52.6 Å². The molecule has 1 amide bonds. The number of hydrazine groups is 1. The van der Waals surface area contributed by atoms with Crippen LogP contribution in [-0.4, -0.2) is 41.9 Å². The standard InChI is InChI=1S/C21H22ClF2N5O.C2H2/c1-13(27-28(2)25)29-11-10-18(22)17(12-29)14-6-8-15(9-7-14)26-21(30)16-4-3-5-19(23)20(16)24;1-2/h3-9H,10-12,25H2,1-2H3,(H,26,30);1-2H/b27-13+;. The third-order valence-corrected chi connectivity index (χ3v) is 5.14. The van der Waals surface area contributed by atoms with Gasteiger partial charge in [-0.25, -0.2) is 19.7 Å². The van der Waals surface area contributed by atoms with Crippen molar-refractivity contribution in [2.45, 2.75) is 13.3 Å². The number of hydrogen-bond acceptors (Lipinski definition) is 4. The van der Waals surface area contributed by atoms with Crippen LogP contribution in [0.2, 0.25) is 0 Å². The molecule has 0 radical (unpaired) electrons. The summed E-state index contributed by atoms with van der Waals surface area (Å²) >= 11 is 6.46. The normalized spacial score (nSPS) is 13.9. The molecule has 0 aliphatic carbocycles. The van der Waals surface area contributed by atoms with Crippen molar-refractivity contribution in [3.05, 3.63) is 70.3 Å². The van der Waals surface area contributed by atoms with E-state index in [1.54, 1.807) is 19.2 Å². The molecule has 6 nitrogen and oxygen atoms in total. The fourth-order valence-electron chi connectivity index (χ4n) is 3.19. The van der Waals surface area contributed by atoms with Crippen LogP contribution >= 0.6 is 11.6 Å². The van der Waals surface area contributed by atoms with Crippen molar-refractivity contribution in [1.82, 2.24) is 10.0 Å². The Labute approximate surface area is 191 Å². The maximum Gasteiger partial charge on any atom is 0.258 e. The lowest BCUT2D eigenvalue weighted by molar-refractivity contribution is 0.102. The molecule has 0 atom stereocenters. The Balaban J connectivity index is 0.00000176. The molecule has 168 valence electrons. The van der Waals surface area contributed by atoms with Crippen LogP contribution in [0.1, 0.15) is 29.3 Å². The largest absolute Gasteiger partial charge is 0.354 e. The molecule has 0 saturated carbocycles. The Bertz CT molecular complexity index is 1050. The number of nitrogens with one attached hydrogen (secondary N) is 1. The maximum atomic E-state index is 13.8. The number of halogens is 3. The summed E-state index contributed by atoms with van der Waals surface area (Å²) in [5.41, 5.74) is 1.95. The number of hydrogen-bond donors (Lipinski definition) is 2. The number of hydrazone groups is 1. The van der Waals surface area contributed by atoms with Gasteiger partial charge in [-0.1, -0.05) is 29.8 Å².